The predicted molar refractivity (Wildman–Crippen MR) is 176 cm³/mol. The van der Waals surface area contributed by atoms with Crippen molar-refractivity contribution in [2.75, 3.05) is 67.6 Å². The van der Waals surface area contributed by atoms with Crippen LogP contribution in [0.5, 0.6) is 5.75 Å². The van der Waals surface area contributed by atoms with Crippen molar-refractivity contribution >= 4 is 58.1 Å². The number of halogens is 5. The SMILES string of the molecule is C[C@H]1C[C@H](C(=O)Nc2ccc(C(F)(F)F)cc2Cl)n2c1c(N1CCN(C(=O)c3nccc(Cl)c3O)CC1)c(=O)n1nc(N3CCOCC3)nc21. The lowest BCUT2D eigenvalue weighted by Crippen LogP contribution is -2.51. The van der Waals surface area contributed by atoms with Gasteiger partial charge in [-0.3, -0.25) is 19.0 Å². The number of carbonyl (C=O) groups is 2. The van der Waals surface area contributed by atoms with E-state index in [1.165, 1.54) is 21.7 Å². The van der Waals surface area contributed by atoms with Gasteiger partial charge in [-0.2, -0.15) is 22.7 Å². The maximum absolute atomic E-state index is 14.3. The van der Waals surface area contributed by atoms with Gasteiger partial charge in [0.2, 0.25) is 17.6 Å². The second-order valence-electron chi connectivity index (χ2n) is 12.2. The number of benzene rings is 1. The van der Waals surface area contributed by atoms with Gasteiger partial charge in [0.15, 0.2) is 11.4 Å². The number of hydrogen-bond donors (Lipinski definition) is 2. The van der Waals surface area contributed by atoms with Gasteiger partial charge in [-0.1, -0.05) is 30.1 Å². The molecule has 2 fully saturated rings. The van der Waals surface area contributed by atoms with E-state index in [2.05, 4.69) is 15.4 Å². The molecule has 2 saturated heterocycles. The molecule has 264 valence electrons. The highest BCUT2D eigenvalue weighted by atomic mass is 35.5. The molecule has 0 radical (unpaired) electrons. The number of aromatic nitrogens is 5. The van der Waals surface area contributed by atoms with Crippen LogP contribution in [0.25, 0.3) is 5.78 Å². The standard InChI is InChI=1S/C31H30Cl2F3N9O5/c1-16-14-21(26(47)38-20-3-2-17(15-19(20)33)31(34,35)36)44-23(16)24(28(49)45-30(44)39-29(40-45)43-10-12-50-13-11-43)41-6-8-42(9-7-41)27(48)22-25(46)18(32)4-5-37-22/h2-5,15-16,21,46H,6-14H2,1H3,(H,38,47)/t16-,21+/m0/s1. The van der Waals surface area contributed by atoms with Gasteiger partial charge in [0.1, 0.15) is 11.7 Å². The highest BCUT2D eigenvalue weighted by molar-refractivity contribution is 6.34. The number of piperazine rings is 1. The summed E-state index contributed by atoms with van der Waals surface area (Å²) in [7, 11) is 0. The van der Waals surface area contributed by atoms with E-state index in [9.17, 15) is 32.7 Å². The second-order valence-corrected chi connectivity index (χ2v) is 13.0. The van der Waals surface area contributed by atoms with Crippen LogP contribution < -0.4 is 20.7 Å². The van der Waals surface area contributed by atoms with Gasteiger partial charge in [0.25, 0.3) is 11.5 Å². The molecule has 0 spiro atoms. The van der Waals surface area contributed by atoms with E-state index in [-0.39, 0.29) is 71.7 Å². The summed E-state index contributed by atoms with van der Waals surface area (Å²) in [5, 5.41) is 17.3. The molecule has 0 bridgehead atoms. The third kappa shape index (κ3) is 5.96. The number of hydrogen-bond acceptors (Lipinski definition) is 10. The first-order valence-corrected chi connectivity index (χ1v) is 16.5. The number of carbonyl (C=O) groups excluding carboxylic acids is 2. The first kappa shape index (κ1) is 33.9. The Kier molecular flexibility index (Phi) is 8.76. The summed E-state index contributed by atoms with van der Waals surface area (Å²) in [6.45, 7) is 4.57. The molecule has 2 N–H and O–H groups in total. The molecule has 19 heteroatoms. The number of anilines is 3. The molecule has 0 saturated carbocycles. The zero-order chi connectivity index (χ0) is 35.5. The lowest BCUT2D eigenvalue weighted by molar-refractivity contribution is -0.137. The fourth-order valence-electron chi connectivity index (χ4n) is 6.64. The van der Waals surface area contributed by atoms with Crippen LogP contribution in [-0.2, 0) is 15.7 Å². The molecule has 6 heterocycles. The van der Waals surface area contributed by atoms with Crippen LogP contribution in [0, 0.1) is 0 Å². The van der Waals surface area contributed by atoms with Crippen LogP contribution >= 0.6 is 23.2 Å². The van der Waals surface area contributed by atoms with Gasteiger partial charge in [0.05, 0.1) is 40.2 Å². The average Bonchev–Trinajstić information content (AvgIpc) is 3.69. The number of alkyl halides is 3. The topological polar surface area (TPSA) is 150 Å². The Balaban J connectivity index is 1.25. The van der Waals surface area contributed by atoms with Crippen molar-refractivity contribution in [3.05, 3.63) is 67.8 Å². The summed E-state index contributed by atoms with van der Waals surface area (Å²) in [4.78, 5) is 55.4. The van der Waals surface area contributed by atoms with Gasteiger partial charge < -0.3 is 29.9 Å². The number of aromatic hydroxyl groups is 1. The molecular formula is C31H30Cl2F3N9O5. The van der Waals surface area contributed by atoms with Gasteiger partial charge in [0, 0.05) is 51.4 Å². The second kappa shape index (κ2) is 12.9. The van der Waals surface area contributed by atoms with E-state index in [0.29, 0.717) is 37.7 Å². The molecule has 0 unspecified atom stereocenters. The minimum atomic E-state index is -4.61. The summed E-state index contributed by atoms with van der Waals surface area (Å²) in [6, 6.07) is 3.12. The van der Waals surface area contributed by atoms with E-state index in [1.54, 1.807) is 4.57 Å². The fourth-order valence-corrected chi connectivity index (χ4v) is 7.02. The number of pyridine rings is 1. The number of nitrogens with one attached hydrogen (secondary N) is 1. The molecule has 50 heavy (non-hydrogen) atoms. The number of ether oxygens (including phenoxy) is 1. The van der Waals surface area contributed by atoms with Gasteiger partial charge >= 0.3 is 6.18 Å². The minimum Gasteiger partial charge on any atom is -0.504 e. The Hall–Kier alpha value is -4.61. The Bertz CT molecular complexity index is 2060. The van der Waals surface area contributed by atoms with Crippen molar-refractivity contribution in [2.45, 2.75) is 31.5 Å². The van der Waals surface area contributed by atoms with Crippen molar-refractivity contribution in [1.82, 2.24) is 29.0 Å². The van der Waals surface area contributed by atoms with Gasteiger partial charge in [-0.25, -0.2) is 4.98 Å². The fraction of sp³-hybridized carbons (Fsp3) is 0.419. The number of amides is 2. The molecule has 3 aliphatic rings. The summed E-state index contributed by atoms with van der Waals surface area (Å²) in [5.74, 6) is -1.41. The third-order valence-corrected chi connectivity index (χ3v) is 9.78. The van der Waals surface area contributed by atoms with Crippen LogP contribution in [0.15, 0.2) is 35.3 Å². The Morgan fingerprint density at radius 2 is 1.74 bits per heavy atom. The van der Waals surface area contributed by atoms with Crippen LogP contribution in [0.1, 0.15) is 47.1 Å². The first-order valence-electron chi connectivity index (χ1n) is 15.8. The maximum Gasteiger partial charge on any atom is 0.416 e. The molecule has 4 aromatic rings. The van der Waals surface area contributed by atoms with Crippen molar-refractivity contribution in [3.63, 3.8) is 0 Å². The summed E-state index contributed by atoms with van der Waals surface area (Å²) >= 11 is 12.2. The molecule has 1 aromatic carbocycles. The van der Waals surface area contributed by atoms with Crippen molar-refractivity contribution in [2.24, 2.45) is 0 Å². The quantitative estimate of drug-likeness (QED) is 0.310. The molecule has 0 aliphatic carbocycles. The number of rotatable bonds is 5. The lowest BCUT2D eigenvalue weighted by atomic mass is 10.0. The highest BCUT2D eigenvalue weighted by Crippen LogP contribution is 2.42. The minimum absolute atomic E-state index is 0.000416. The molecular weight excluding hydrogens is 706 g/mol. The van der Waals surface area contributed by atoms with E-state index >= 15 is 0 Å². The van der Waals surface area contributed by atoms with E-state index in [0.717, 1.165) is 18.2 Å². The van der Waals surface area contributed by atoms with Crippen molar-refractivity contribution < 1.29 is 32.6 Å². The Morgan fingerprint density at radius 3 is 2.42 bits per heavy atom. The molecule has 2 amide bonds. The molecule has 7 rings (SSSR count). The molecule has 3 aromatic heterocycles. The molecule has 2 atom stereocenters. The van der Waals surface area contributed by atoms with Crippen LogP contribution in [-0.4, -0.2) is 98.5 Å². The van der Waals surface area contributed by atoms with Crippen LogP contribution in [0.2, 0.25) is 10.0 Å². The van der Waals surface area contributed by atoms with Crippen molar-refractivity contribution in [1.29, 1.82) is 0 Å². The monoisotopic (exact) mass is 735 g/mol. The zero-order valence-electron chi connectivity index (χ0n) is 26.5. The van der Waals surface area contributed by atoms with Crippen molar-refractivity contribution in [3.8, 4) is 5.75 Å². The summed E-state index contributed by atoms with van der Waals surface area (Å²) in [5.41, 5.74) is -0.753. The third-order valence-electron chi connectivity index (χ3n) is 9.16. The van der Waals surface area contributed by atoms with E-state index in [1.807, 2.05) is 16.7 Å². The molecule has 14 nitrogen and oxygen atoms in total. The number of nitrogens with zero attached hydrogens (tertiary/aromatic N) is 8. The van der Waals surface area contributed by atoms with E-state index < -0.39 is 40.9 Å². The first-order chi connectivity index (χ1) is 23.8. The summed E-state index contributed by atoms with van der Waals surface area (Å²) in [6.07, 6.45) is -3.04. The molecule has 3 aliphatic heterocycles. The summed E-state index contributed by atoms with van der Waals surface area (Å²) < 4.78 is 48.0. The van der Waals surface area contributed by atoms with E-state index in [4.69, 9.17) is 32.9 Å². The lowest BCUT2D eigenvalue weighted by Gasteiger charge is -2.36. The highest BCUT2D eigenvalue weighted by Gasteiger charge is 2.41. The smallest absolute Gasteiger partial charge is 0.416 e. The average molecular weight is 737 g/mol. The Labute approximate surface area is 292 Å². The number of morpholine rings is 1. The van der Waals surface area contributed by atoms with Crippen LogP contribution in [0.3, 0.4) is 0 Å². The number of fused-ring (bicyclic) bond motifs is 3. The maximum atomic E-state index is 14.3. The zero-order valence-corrected chi connectivity index (χ0v) is 28.0. The predicted octanol–water partition coefficient (Wildman–Crippen LogP) is 3.80. The normalized spacial score (nSPS) is 19.6. The van der Waals surface area contributed by atoms with Gasteiger partial charge in [-0.05, 0) is 30.7 Å². The van der Waals surface area contributed by atoms with Gasteiger partial charge in [-0.15, -0.1) is 5.10 Å². The van der Waals surface area contributed by atoms with Crippen LogP contribution in [0.4, 0.5) is 30.5 Å². The Morgan fingerprint density at radius 1 is 1.02 bits per heavy atom. The largest absolute Gasteiger partial charge is 0.504 e.